The van der Waals surface area contributed by atoms with Crippen LogP contribution in [0.3, 0.4) is 0 Å². The van der Waals surface area contributed by atoms with E-state index >= 15 is 0 Å². The molecule has 3 aromatic carbocycles. The normalized spacial score (nSPS) is 10.2. The van der Waals surface area contributed by atoms with Gasteiger partial charge in [-0.25, -0.2) is 0 Å². The molecule has 0 bridgehead atoms. The zero-order chi connectivity index (χ0) is 42.6. The molecule has 59 heavy (non-hydrogen) atoms. The van der Waals surface area contributed by atoms with Crippen molar-refractivity contribution in [1.82, 2.24) is 29.5 Å². The number of carbonyl (C=O) groups is 2. The van der Waals surface area contributed by atoms with Gasteiger partial charge in [0.15, 0.2) is 0 Å². The Morgan fingerprint density at radius 1 is 0.644 bits per heavy atom. The Labute approximate surface area is 361 Å². The summed E-state index contributed by atoms with van der Waals surface area (Å²) >= 11 is 6.59. The van der Waals surface area contributed by atoms with Crippen LogP contribution in [0.5, 0.6) is 11.5 Å². The van der Waals surface area contributed by atoms with Crippen molar-refractivity contribution in [1.29, 1.82) is 5.26 Å². The Kier molecular flexibility index (Phi) is 18.4. The number of halogens is 2. The predicted molar refractivity (Wildman–Crippen MR) is 238 cm³/mol. The van der Waals surface area contributed by atoms with Crippen LogP contribution in [-0.4, -0.2) is 47.2 Å². The second-order valence-corrected chi connectivity index (χ2v) is 14.3. The second kappa shape index (κ2) is 23.9. The van der Waals surface area contributed by atoms with Crippen molar-refractivity contribution < 1.29 is 19.4 Å². The number of alkyl halides is 2. The van der Waals surface area contributed by atoms with E-state index in [2.05, 4.69) is 71.9 Å². The minimum Gasteiger partial charge on any atom is -0.506 e. The van der Waals surface area contributed by atoms with Gasteiger partial charge in [0.05, 0.1) is 23.0 Å². The molecule has 0 spiro atoms. The van der Waals surface area contributed by atoms with E-state index < -0.39 is 0 Å². The Bertz CT molecular complexity index is 2440. The number of rotatable bonds is 11. The summed E-state index contributed by atoms with van der Waals surface area (Å²) in [6.07, 6.45) is 8.58. The molecule has 0 radical (unpaired) electrons. The zero-order valence-electron chi connectivity index (χ0n) is 33.2. The Morgan fingerprint density at radius 3 is 1.64 bits per heavy atom. The van der Waals surface area contributed by atoms with Gasteiger partial charge in [-0.1, -0.05) is 98.6 Å². The molecule has 1 N–H and O–H groups in total. The van der Waals surface area contributed by atoms with Gasteiger partial charge in [-0.2, -0.15) is 15.5 Å². The van der Waals surface area contributed by atoms with Crippen LogP contribution in [0, 0.1) is 11.3 Å². The first-order chi connectivity index (χ1) is 28.7. The van der Waals surface area contributed by atoms with E-state index in [0.717, 1.165) is 68.1 Å². The fraction of sp³-hybridized carbons (Fsp3) is 0.196. The lowest BCUT2D eigenvalue weighted by Crippen LogP contribution is -2.07. The van der Waals surface area contributed by atoms with Gasteiger partial charge < -0.3 is 9.84 Å². The number of nitriles is 1. The van der Waals surface area contributed by atoms with Gasteiger partial charge in [-0.3, -0.25) is 28.9 Å². The summed E-state index contributed by atoms with van der Waals surface area (Å²) in [6, 6.07) is 35.9. The number of aldehydes is 2. The fourth-order valence-corrected chi connectivity index (χ4v) is 6.57. The van der Waals surface area contributed by atoms with Gasteiger partial charge in [0.1, 0.15) is 42.1 Å². The van der Waals surface area contributed by atoms with Crippen LogP contribution in [-0.2, 0) is 17.3 Å². The number of pyridine rings is 2. The number of hydrogen-bond donors (Lipinski definition) is 1. The number of nitrogens with zero attached hydrogens (tertiary/aromatic N) is 7. The van der Waals surface area contributed by atoms with Crippen molar-refractivity contribution in [2.45, 2.75) is 57.0 Å². The Morgan fingerprint density at radius 2 is 1.14 bits per heavy atom. The molecule has 4 heterocycles. The third kappa shape index (κ3) is 12.9. The maximum Gasteiger partial charge on any atom is 0.150 e. The number of benzene rings is 3. The van der Waals surface area contributed by atoms with E-state index in [1.54, 1.807) is 43.0 Å². The van der Waals surface area contributed by atoms with E-state index in [1.165, 1.54) is 0 Å². The van der Waals surface area contributed by atoms with Crippen molar-refractivity contribution in [3.8, 4) is 40.3 Å². The highest BCUT2D eigenvalue weighted by molar-refractivity contribution is 9.08. The summed E-state index contributed by atoms with van der Waals surface area (Å²) in [5.74, 6) is 0.848. The van der Waals surface area contributed by atoms with Crippen molar-refractivity contribution in [2.75, 3.05) is 0 Å². The summed E-state index contributed by atoms with van der Waals surface area (Å²) < 4.78 is 9.71. The molecule has 0 unspecified atom stereocenters. The molecule has 11 nitrogen and oxygen atoms in total. The van der Waals surface area contributed by atoms with Crippen LogP contribution in [0.1, 0.15) is 82.7 Å². The van der Waals surface area contributed by atoms with Crippen LogP contribution in [0.2, 0.25) is 0 Å². The standard InChI is InChI=1S/C19H19N3O2.C11H13N3O.C8H6BrN.C8H7BrO/c1-14(2)22-17(9-11-21-22)19-18(8-5-10-20-19)24-13-16-7-4-3-6-15(16)12-23;1-8(2)14-9(5-7-13-14)11-10(15)4-3-6-12-11;2*9-5-7-3-1-2-4-8(7)6-10/h3-12,14H,13H2,1-2H3;3-8,15H,1-2H3;1-4H,5H2;1-4,6H,5H2. The van der Waals surface area contributed by atoms with Crippen LogP contribution < -0.4 is 4.74 Å². The van der Waals surface area contributed by atoms with Crippen molar-refractivity contribution in [2.24, 2.45) is 0 Å². The van der Waals surface area contributed by atoms with Gasteiger partial charge in [0.25, 0.3) is 0 Å². The summed E-state index contributed by atoms with van der Waals surface area (Å²) in [7, 11) is 0. The van der Waals surface area contributed by atoms with Crippen LogP contribution >= 0.6 is 31.9 Å². The highest BCUT2D eigenvalue weighted by Gasteiger charge is 2.15. The quantitative estimate of drug-likeness (QED) is 0.0988. The molecule has 0 saturated heterocycles. The number of hydrogen-bond acceptors (Lipinski definition) is 9. The van der Waals surface area contributed by atoms with E-state index in [4.69, 9.17) is 10.00 Å². The molecule has 0 atom stereocenters. The first kappa shape index (κ1) is 45.5. The number of aromatic nitrogens is 6. The van der Waals surface area contributed by atoms with Crippen LogP contribution in [0.4, 0.5) is 0 Å². The molecule has 0 saturated carbocycles. The molecule has 0 aliphatic carbocycles. The topological polar surface area (TPSA) is 149 Å². The van der Waals surface area contributed by atoms with E-state index in [-0.39, 0.29) is 17.8 Å². The third-order valence-corrected chi connectivity index (χ3v) is 9.74. The highest BCUT2D eigenvalue weighted by Crippen LogP contribution is 2.30. The van der Waals surface area contributed by atoms with Gasteiger partial charge in [-0.15, -0.1) is 0 Å². The van der Waals surface area contributed by atoms with E-state index in [9.17, 15) is 14.7 Å². The fourth-order valence-electron chi connectivity index (χ4n) is 5.57. The Hall–Kier alpha value is -6.23. The molecule has 0 aliphatic heterocycles. The molecule has 0 aliphatic rings. The number of ether oxygens (including phenoxy) is 1. The first-order valence-corrected chi connectivity index (χ1v) is 20.9. The molecule has 302 valence electrons. The lowest BCUT2D eigenvalue weighted by Gasteiger charge is -2.14. The zero-order valence-corrected chi connectivity index (χ0v) is 36.4. The minimum atomic E-state index is 0.180. The maximum absolute atomic E-state index is 11.1. The smallest absolute Gasteiger partial charge is 0.150 e. The number of carbonyl (C=O) groups excluding carboxylic acids is 2. The van der Waals surface area contributed by atoms with Crippen LogP contribution in [0.25, 0.3) is 22.8 Å². The average Bonchev–Trinajstić information content (AvgIpc) is 3.98. The Balaban J connectivity index is 0.000000188. The molecule has 0 amide bonds. The predicted octanol–water partition coefficient (Wildman–Crippen LogP) is 11.0. The molecule has 4 aromatic heterocycles. The van der Waals surface area contributed by atoms with E-state index in [1.807, 2.05) is 114 Å². The number of aromatic hydroxyl groups is 1. The molecule has 7 rings (SSSR count). The first-order valence-electron chi connectivity index (χ1n) is 18.6. The summed E-state index contributed by atoms with van der Waals surface area (Å²) in [6.45, 7) is 8.52. The monoisotopic (exact) mass is 917 g/mol. The molecular weight excluding hydrogens is 874 g/mol. The highest BCUT2D eigenvalue weighted by atomic mass is 79.9. The average molecular weight is 920 g/mol. The lowest BCUT2D eigenvalue weighted by atomic mass is 10.1. The minimum absolute atomic E-state index is 0.180. The van der Waals surface area contributed by atoms with Gasteiger partial charge in [-0.05, 0) is 86.8 Å². The maximum atomic E-state index is 11.1. The van der Waals surface area contributed by atoms with Crippen molar-refractivity contribution in [3.63, 3.8) is 0 Å². The SMILES string of the molecule is CC(C)n1nccc1-c1ncccc1O.CC(C)n1nccc1-c1ncccc1OCc1ccccc1C=O.N#Cc1ccccc1CBr.O=Cc1ccccc1CBr. The van der Waals surface area contributed by atoms with Gasteiger partial charge >= 0.3 is 0 Å². The molecular formula is C46H45Br2N7O4. The van der Waals surface area contributed by atoms with Crippen molar-refractivity contribution >= 4 is 44.4 Å². The summed E-state index contributed by atoms with van der Waals surface area (Å²) in [5.41, 5.74) is 8.14. The molecule has 13 heteroatoms. The molecule has 0 fully saturated rings. The van der Waals surface area contributed by atoms with Crippen molar-refractivity contribution in [3.05, 3.63) is 167 Å². The summed E-state index contributed by atoms with van der Waals surface area (Å²) in [5, 5.41) is 28.3. The largest absolute Gasteiger partial charge is 0.506 e. The third-order valence-electron chi connectivity index (χ3n) is 8.53. The van der Waals surface area contributed by atoms with Gasteiger partial charge in [0, 0.05) is 58.7 Å². The lowest BCUT2D eigenvalue weighted by molar-refractivity contribution is 0.111. The van der Waals surface area contributed by atoms with Gasteiger partial charge in [0.2, 0.25) is 0 Å². The van der Waals surface area contributed by atoms with Crippen LogP contribution in [0.15, 0.2) is 134 Å². The molecule has 7 aromatic rings. The summed E-state index contributed by atoms with van der Waals surface area (Å²) in [4.78, 5) is 30.1. The second-order valence-electron chi connectivity index (χ2n) is 13.2. The van der Waals surface area contributed by atoms with E-state index in [0.29, 0.717) is 23.6 Å².